The molecule has 0 radical (unpaired) electrons. The summed E-state index contributed by atoms with van der Waals surface area (Å²) in [4.78, 5) is 54.2. The number of hydrogen-bond donors (Lipinski definition) is 4. The van der Waals surface area contributed by atoms with E-state index in [1.54, 1.807) is 31.2 Å². The Morgan fingerprint density at radius 3 is 2.54 bits per heavy atom. The van der Waals surface area contributed by atoms with Crippen molar-refractivity contribution in [1.82, 2.24) is 26.2 Å². The van der Waals surface area contributed by atoms with Crippen molar-refractivity contribution in [3.05, 3.63) is 29.8 Å². The molecule has 4 N–H and O–H groups in total. The van der Waals surface area contributed by atoms with E-state index in [2.05, 4.69) is 26.2 Å². The summed E-state index contributed by atoms with van der Waals surface area (Å²) in [5.41, 5.74) is 0.284. The predicted molar refractivity (Wildman–Crippen MR) is 140 cm³/mol. The molecule has 1 aromatic carbocycles. The van der Waals surface area contributed by atoms with Crippen LogP contribution in [-0.4, -0.2) is 79.4 Å². The summed E-state index contributed by atoms with van der Waals surface area (Å²) in [6, 6.07) is 4.78. The van der Waals surface area contributed by atoms with Gasteiger partial charge in [0.05, 0.1) is 11.6 Å². The number of nitrogens with one attached hydrogen (secondary N) is 4. The highest BCUT2D eigenvalue weighted by Crippen LogP contribution is 2.19. The minimum absolute atomic E-state index is 0.0192. The van der Waals surface area contributed by atoms with Crippen LogP contribution >= 0.6 is 0 Å². The fourth-order valence-corrected chi connectivity index (χ4v) is 4.57. The first kappa shape index (κ1) is 28.4. The van der Waals surface area contributed by atoms with Crippen LogP contribution in [0.5, 0.6) is 5.75 Å². The third kappa shape index (κ3) is 8.73. The number of benzene rings is 1. The number of rotatable bonds is 5. The maximum Gasteiger partial charge on any atom is 0.255 e. The van der Waals surface area contributed by atoms with Crippen molar-refractivity contribution < 1.29 is 23.9 Å². The van der Waals surface area contributed by atoms with E-state index < -0.39 is 18.0 Å². The van der Waals surface area contributed by atoms with Gasteiger partial charge in [-0.1, -0.05) is 32.4 Å². The number of carbonyl (C=O) groups excluding carboxylic acids is 4. The van der Waals surface area contributed by atoms with Crippen LogP contribution in [0.25, 0.3) is 0 Å². The lowest BCUT2D eigenvalue weighted by molar-refractivity contribution is -0.131. The van der Waals surface area contributed by atoms with Crippen LogP contribution in [0.4, 0.5) is 0 Å². The fourth-order valence-electron chi connectivity index (χ4n) is 4.57. The van der Waals surface area contributed by atoms with Crippen LogP contribution in [0.1, 0.15) is 63.2 Å². The van der Waals surface area contributed by atoms with Gasteiger partial charge in [-0.15, -0.1) is 0 Å². The largest absolute Gasteiger partial charge is 0.491 e. The normalized spacial score (nSPS) is 24.4. The van der Waals surface area contributed by atoms with E-state index in [0.717, 1.165) is 32.5 Å². The molecule has 1 fully saturated rings. The molecule has 1 saturated heterocycles. The second-order valence-electron chi connectivity index (χ2n) is 10.3. The Hall–Kier alpha value is -3.14. The van der Waals surface area contributed by atoms with Crippen molar-refractivity contribution in [2.45, 2.75) is 71.0 Å². The van der Waals surface area contributed by atoms with E-state index in [-0.39, 0.29) is 54.7 Å². The maximum atomic E-state index is 13.2. The van der Waals surface area contributed by atoms with Crippen molar-refractivity contribution in [1.29, 1.82) is 0 Å². The van der Waals surface area contributed by atoms with Gasteiger partial charge in [0.2, 0.25) is 17.7 Å². The smallest absolute Gasteiger partial charge is 0.255 e. The first-order valence-electron chi connectivity index (χ1n) is 13.4. The first-order valence-corrected chi connectivity index (χ1v) is 13.4. The third-order valence-electron chi connectivity index (χ3n) is 6.73. The zero-order valence-corrected chi connectivity index (χ0v) is 22.2. The lowest BCUT2D eigenvalue weighted by Crippen LogP contribution is -2.53. The molecule has 3 atom stereocenters. The molecule has 2 aliphatic heterocycles. The van der Waals surface area contributed by atoms with Gasteiger partial charge < -0.3 is 30.9 Å². The van der Waals surface area contributed by atoms with Crippen molar-refractivity contribution in [2.75, 3.05) is 32.8 Å². The van der Waals surface area contributed by atoms with Crippen LogP contribution in [0.15, 0.2) is 24.3 Å². The predicted octanol–water partition coefficient (Wildman–Crippen LogP) is 1.21. The van der Waals surface area contributed by atoms with Gasteiger partial charge in [0.15, 0.2) is 0 Å². The van der Waals surface area contributed by atoms with E-state index in [9.17, 15) is 19.2 Å². The van der Waals surface area contributed by atoms with Gasteiger partial charge in [-0.3, -0.25) is 19.2 Å². The maximum absolute atomic E-state index is 13.2. The lowest BCUT2D eigenvalue weighted by atomic mass is 10.0. The molecule has 0 unspecified atom stereocenters. The van der Waals surface area contributed by atoms with Crippen LogP contribution in [-0.2, 0) is 14.4 Å². The number of hydrogen-bond acceptors (Lipinski definition) is 6. The highest BCUT2D eigenvalue weighted by atomic mass is 16.5. The number of likely N-dealkylation sites (tertiary alicyclic amines) is 1. The summed E-state index contributed by atoms with van der Waals surface area (Å²) in [5.74, 6) is -1.24. The Balaban J connectivity index is 1.76. The number of nitrogens with zero attached hydrogens (tertiary/aromatic N) is 1. The number of carbonyl (C=O) groups is 4. The SMILES string of the molecule is CC(C)[C@H]1NC(=O)CC[C@@H](C(=O)NCCN2CCCCC2)NC(=O)c2ccccc2OC[C@H](C)NC1=O. The van der Waals surface area contributed by atoms with Gasteiger partial charge in [0.1, 0.15) is 24.4 Å². The van der Waals surface area contributed by atoms with E-state index in [1.165, 1.54) is 6.42 Å². The number of amides is 4. The van der Waals surface area contributed by atoms with Crippen LogP contribution in [0, 0.1) is 5.92 Å². The summed E-state index contributed by atoms with van der Waals surface area (Å²) >= 11 is 0. The first-order chi connectivity index (χ1) is 17.7. The Labute approximate surface area is 219 Å². The average molecular weight is 516 g/mol. The van der Waals surface area contributed by atoms with Crippen LogP contribution < -0.4 is 26.0 Å². The van der Waals surface area contributed by atoms with E-state index in [0.29, 0.717) is 12.3 Å². The quantitative estimate of drug-likeness (QED) is 0.467. The second kappa shape index (κ2) is 14.0. The van der Waals surface area contributed by atoms with Crippen LogP contribution in [0.3, 0.4) is 0 Å². The average Bonchev–Trinajstić information content (AvgIpc) is 2.88. The molecule has 2 heterocycles. The summed E-state index contributed by atoms with van der Waals surface area (Å²) in [7, 11) is 0. The Bertz CT molecular complexity index is 947. The summed E-state index contributed by atoms with van der Waals surface area (Å²) in [6.45, 7) is 8.89. The Morgan fingerprint density at radius 2 is 1.81 bits per heavy atom. The highest BCUT2D eigenvalue weighted by Gasteiger charge is 2.28. The van der Waals surface area contributed by atoms with Gasteiger partial charge in [-0.05, 0) is 57.3 Å². The summed E-state index contributed by atoms with van der Waals surface area (Å²) in [6.07, 6.45) is 3.64. The van der Waals surface area contributed by atoms with Gasteiger partial charge in [-0.25, -0.2) is 0 Å². The summed E-state index contributed by atoms with van der Waals surface area (Å²) in [5, 5.41) is 11.4. The summed E-state index contributed by atoms with van der Waals surface area (Å²) < 4.78 is 5.87. The van der Waals surface area contributed by atoms with Crippen molar-refractivity contribution in [3.63, 3.8) is 0 Å². The molecule has 204 valence electrons. The monoisotopic (exact) mass is 515 g/mol. The number of para-hydroxylation sites is 1. The van der Waals surface area contributed by atoms with Gasteiger partial charge >= 0.3 is 0 Å². The number of piperidine rings is 1. The second-order valence-corrected chi connectivity index (χ2v) is 10.3. The topological polar surface area (TPSA) is 129 Å². The van der Waals surface area contributed by atoms with Crippen molar-refractivity contribution >= 4 is 23.6 Å². The zero-order chi connectivity index (χ0) is 26.8. The van der Waals surface area contributed by atoms with E-state index >= 15 is 0 Å². The Morgan fingerprint density at radius 1 is 1.08 bits per heavy atom. The minimum atomic E-state index is -0.914. The third-order valence-corrected chi connectivity index (χ3v) is 6.73. The van der Waals surface area contributed by atoms with Crippen LogP contribution in [0.2, 0.25) is 0 Å². The molecule has 3 rings (SSSR count). The van der Waals surface area contributed by atoms with Gasteiger partial charge in [-0.2, -0.15) is 0 Å². The van der Waals surface area contributed by atoms with E-state index in [4.69, 9.17) is 4.74 Å². The minimum Gasteiger partial charge on any atom is -0.491 e. The zero-order valence-electron chi connectivity index (χ0n) is 22.2. The van der Waals surface area contributed by atoms with Gasteiger partial charge in [0, 0.05) is 19.5 Å². The van der Waals surface area contributed by atoms with Crippen molar-refractivity contribution in [3.8, 4) is 5.75 Å². The van der Waals surface area contributed by atoms with E-state index in [1.807, 2.05) is 13.8 Å². The molecular weight excluding hydrogens is 474 g/mol. The molecule has 4 amide bonds. The Kier molecular flexibility index (Phi) is 10.7. The molecule has 0 aromatic heterocycles. The molecule has 10 heteroatoms. The molecule has 2 aliphatic rings. The molecule has 0 bridgehead atoms. The molecule has 1 aromatic rings. The number of fused-ring (bicyclic) bond motifs is 1. The van der Waals surface area contributed by atoms with Gasteiger partial charge in [0.25, 0.3) is 5.91 Å². The highest BCUT2D eigenvalue weighted by molar-refractivity contribution is 5.99. The molecule has 0 saturated carbocycles. The number of ether oxygens (including phenoxy) is 1. The molecular formula is C27H41N5O5. The molecule has 37 heavy (non-hydrogen) atoms. The molecule has 10 nitrogen and oxygen atoms in total. The van der Waals surface area contributed by atoms with Crippen molar-refractivity contribution in [2.24, 2.45) is 5.92 Å². The fraction of sp³-hybridized carbons (Fsp3) is 0.630. The lowest BCUT2D eigenvalue weighted by Gasteiger charge is -2.27. The molecule has 0 aliphatic carbocycles. The standard InChI is InChI=1S/C27H41N5O5/c1-18(2)24-27(36)29-19(3)17-37-22-10-6-5-9-20(22)25(34)30-21(11-12-23(33)31-24)26(35)28-13-16-32-14-7-4-8-15-32/h5-6,9-10,18-19,21,24H,4,7-8,11-17H2,1-3H3,(H,28,35)(H,29,36)(H,30,34)(H,31,33)/t19-,21-,24+/m0/s1. The molecule has 0 spiro atoms.